The van der Waals surface area contributed by atoms with Crippen LogP contribution in [-0.4, -0.2) is 20.9 Å². The molecular weight excluding hydrogens is 298 g/mol. The van der Waals surface area contributed by atoms with E-state index in [4.69, 9.17) is 10.8 Å². The highest BCUT2D eigenvalue weighted by atomic mass is 79.9. The first-order valence-electron chi connectivity index (χ1n) is 5.59. The fourth-order valence-corrected chi connectivity index (χ4v) is 2.70. The summed E-state index contributed by atoms with van der Waals surface area (Å²) in [6, 6.07) is 5.49. The van der Waals surface area contributed by atoms with Gasteiger partial charge in [0.25, 0.3) is 0 Å². The fraction of sp³-hybridized carbons (Fsp3) is 0.333. The Morgan fingerprint density at radius 2 is 2.33 bits per heavy atom. The van der Waals surface area contributed by atoms with Crippen molar-refractivity contribution in [3.05, 3.63) is 28.4 Å². The summed E-state index contributed by atoms with van der Waals surface area (Å²) in [4.78, 5) is 10.6. The maximum atomic E-state index is 10.6. The Kier molecular flexibility index (Phi) is 3.68. The van der Waals surface area contributed by atoms with Gasteiger partial charge in [-0.15, -0.1) is 0 Å². The van der Waals surface area contributed by atoms with Gasteiger partial charge in [-0.05, 0) is 34.0 Å². The molecule has 0 amide bonds. The largest absolute Gasteiger partial charge is 0.481 e. The summed E-state index contributed by atoms with van der Waals surface area (Å²) in [6.45, 7) is 0. The number of fused-ring (bicyclic) bond motifs is 1. The molecule has 1 unspecified atom stereocenters. The maximum Gasteiger partial charge on any atom is 0.303 e. The number of aromatic nitrogens is 2. The van der Waals surface area contributed by atoms with Gasteiger partial charge in [0.2, 0.25) is 0 Å². The number of carboxylic acid groups (broad SMARTS) is 1. The molecule has 0 spiro atoms. The molecule has 1 atom stereocenters. The highest BCUT2D eigenvalue weighted by Gasteiger charge is 2.16. The average molecular weight is 312 g/mol. The minimum absolute atomic E-state index is 0.0649. The zero-order valence-electron chi connectivity index (χ0n) is 9.93. The third-order valence-corrected chi connectivity index (χ3v) is 3.49. The van der Waals surface area contributed by atoms with Crippen LogP contribution in [0.25, 0.3) is 10.9 Å². The number of rotatable bonds is 4. The quantitative estimate of drug-likeness (QED) is 0.907. The lowest BCUT2D eigenvalue weighted by molar-refractivity contribution is -0.137. The van der Waals surface area contributed by atoms with E-state index in [1.54, 1.807) is 4.68 Å². The Bertz CT molecular complexity index is 594. The van der Waals surface area contributed by atoms with E-state index in [-0.39, 0.29) is 12.5 Å². The second-order valence-electron chi connectivity index (χ2n) is 4.19. The molecule has 0 saturated carbocycles. The minimum atomic E-state index is -0.831. The molecule has 2 aromatic rings. The molecule has 18 heavy (non-hydrogen) atoms. The van der Waals surface area contributed by atoms with Gasteiger partial charge in [-0.3, -0.25) is 9.48 Å². The van der Waals surface area contributed by atoms with Gasteiger partial charge in [-0.25, -0.2) is 0 Å². The van der Waals surface area contributed by atoms with Crippen LogP contribution in [0.3, 0.4) is 0 Å². The molecule has 1 aromatic carbocycles. The fourth-order valence-electron chi connectivity index (χ4n) is 2.03. The van der Waals surface area contributed by atoms with Crippen molar-refractivity contribution in [1.29, 1.82) is 0 Å². The van der Waals surface area contributed by atoms with Crippen molar-refractivity contribution < 1.29 is 9.90 Å². The summed E-state index contributed by atoms with van der Waals surface area (Å²) < 4.78 is 2.51. The van der Waals surface area contributed by atoms with Crippen molar-refractivity contribution >= 4 is 32.8 Å². The molecule has 0 saturated heterocycles. The van der Waals surface area contributed by atoms with Gasteiger partial charge in [0.15, 0.2) is 0 Å². The topological polar surface area (TPSA) is 81.1 Å². The molecule has 6 heteroatoms. The molecule has 0 aliphatic heterocycles. The second-order valence-corrected chi connectivity index (χ2v) is 4.95. The number of carbonyl (C=O) groups is 1. The third-order valence-electron chi connectivity index (χ3n) is 2.94. The number of benzene rings is 1. The average Bonchev–Trinajstić information content (AvgIpc) is 2.62. The normalized spacial score (nSPS) is 12.8. The number of halogens is 1. The SMILES string of the molecule is Cn1nc(Br)c2c(C(N)CCC(=O)O)cccc21. The number of aryl methyl sites for hydroxylation is 1. The van der Waals surface area contributed by atoms with Crippen LogP contribution in [0, 0.1) is 0 Å². The second kappa shape index (κ2) is 5.07. The Labute approximate surface area is 113 Å². The molecule has 3 N–H and O–H groups in total. The Balaban J connectivity index is 2.41. The van der Waals surface area contributed by atoms with Crippen molar-refractivity contribution in [2.24, 2.45) is 12.8 Å². The van der Waals surface area contributed by atoms with Crippen LogP contribution >= 0.6 is 15.9 Å². The lowest BCUT2D eigenvalue weighted by atomic mass is 9.99. The number of hydrogen-bond acceptors (Lipinski definition) is 3. The number of aliphatic carboxylic acids is 1. The van der Waals surface area contributed by atoms with E-state index in [1.165, 1.54) is 0 Å². The van der Waals surface area contributed by atoms with E-state index in [1.807, 2.05) is 25.2 Å². The van der Waals surface area contributed by atoms with Gasteiger partial charge >= 0.3 is 5.97 Å². The lowest BCUT2D eigenvalue weighted by Crippen LogP contribution is -2.12. The zero-order valence-corrected chi connectivity index (χ0v) is 11.5. The van der Waals surface area contributed by atoms with Crippen molar-refractivity contribution in [1.82, 2.24) is 9.78 Å². The first kappa shape index (κ1) is 13.0. The molecule has 0 bridgehead atoms. The molecule has 2 rings (SSSR count). The van der Waals surface area contributed by atoms with Gasteiger partial charge in [0.05, 0.1) is 5.52 Å². The van der Waals surface area contributed by atoms with Gasteiger partial charge in [0.1, 0.15) is 4.60 Å². The molecule has 1 heterocycles. The van der Waals surface area contributed by atoms with Crippen molar-refractivity contribution in [2.45, 2.75) is 18.9 Å². The van der Waals surface area contributed by atoms with Crippen LogP contribution in [0.4, 0.5) is 0 Å². The number of nitrogens with two attached hydrogens (primary N) is 1. The smallest absolute Gasteiger partial charge is 0.303 e. The number of carboxylic acids is 1. The van der Waals surface area contributed by atoms with Crippen molar-refractivity contribution in [3.8, 4) is 0 Å². The van der Waals surface area contributed by atoms with E-state index in [9.17, 15) is 4.79 Å². The molecular formula is C12H14BrN3O2. The lowest BCUT2D eigenvalue weighted by Gasteiger charge is -2.12. The van der Waals surface area contributed by atoms with Crippen molar-refractivity contribution in [3.63, 3.8) is 0 Å². The van der Waals surface area contributed by atoms with Crippen LogP contribution in [0.5, 0.6) is 0 Å². The van der Waals surface area contributed by atoms with Crippen LogP contribution in [0.15, 0.2) is 22.8 Å². The van der Waals surface area contributed by atoms with Crippen LogP contribution < -0.4 is 5.73 Å². The zero-order chi connectivity index (χ0) is 13.3. The van der Waals surface area contributed by atoms with Gasteiger partial charge in [-0.1, -0.05) is 12.1 Å². The predicted octanol–water partition coefficient (Wildman–Crippen LogP) is 2.20. The van der Waals surface area contributed by atoms with Crippen LogP contribution in [0.1, 0.15) is 24.4 Å². The number of nitrogens with zero attached hydrogens (tertiary/aromatic N) is 2. The monoisotopic (exact) mass is 311 g/mol. The molecule has 0 aliphatic rings. The van der Waals surface area contributed by atoms with E-state index in [0.717, 1.165) is 21.1 Å². The molecule has 5 nitrogen and oxygen atoms in total. The van der Waals surface area contributed by atoms with Gasteiger partial charge < -0.3 is 10.8 Å². The highest BCUT2D eigenvalue weighted by molar-refractivity contribution is 9.10. The van der Waals surface area contributed by atoms with Crippen LogP contribution in [0.2, 0.25) is 0 Å². The molecule has 0 fully saturated rings. The summed E-state index contributed by atoms with van der Waals surface area (Å²) in [5.74, 6) is -0.831. The summed E-state index contributed by atoms with van der Waals surface area (Å²) >= 11 is 3.41. The Morgan fingerprint density at radius 1 is 1.61 bits per heavy atom. The van der Waals surface area contributed by atoms with E-state index < -0.39 is 5.97 Å². The van der Waals surface area contributed by atoms with E-state index >= 15 is 0 Å². The van der Waals surface area contributed by atoms with Gasteiger partial charge in [-0.2, -0.15) is 5.10 Å². The maximum absolute atomic E-state index is 10.6. The summed E-state index contributed by atoms with van der Waals surface area (Å²) in [5, 5.41) is 13.9. The summed E-state index contributed by atoms with van der Waals surface area (Å²) in [5.41, 5.74) is 7.97. The summed E-state index contributed by atoms with van der Waals surface area (Å²) in [7, 11) is 1.86. The molecule has 0 radical (unpaired) electrons. The van der Waals surface area contributed by atoms with Crippen molar-refractivity contribution in [2.75, 3.05) is 0 Å². The molecule has 96 valence electrons. The molecule has 0 aliphatic carbocycles. The van der Waals surface area contributed by atoms with E-state index in [2.05, 4.69) is 21.0 Å². The standard InChI is InChI=1S/C12H14BrN3O2/c1-16-9-4-2-3-7(11(9)12(13)15-16)8(14)5-6-10(17)18/h2-4,8H,5-6,14H2,1H3,(H,17,18). The first-order valence-corrected chi connectivity index (χ1v) is 6.38. The summed E-state index contributed by atoms with van der Waals surface area (Å²) in [6.07, 6.45) is 0.477. The molecule has 1 aromatic heterocycles. The minimum Gasteiger partial charge on any atom is -0.481 e. The number of hydrogen-bond donors (Lipinski definition) is 2. The Morgan fingerprint density at radius 3 is 3.00 bits per heavy atom. The van der Waals surface area contributed by atoms with E-state index in [0.29, 0.717) is 6.42 Å². The van der Waals surface area contributed by atoms with Crippen LogP contribution in [-0.2, 0) is 11.8 Å². The van der Waals surface area contributed by atoms with Gasteiger partial charge in [0, 0.05) is 24.9 Å². The predicted molar refractivity (Wildman–Crippen MR) is 72.2 cm³/mol. The third kappa shape index (κ3) is 2.39. The first-order chi connectivity index (χ1) is 8.50. The highest BCUT2D eigenvalue weighted by Crippen LogP contribution is 2.30. The Hall–Kier alpha value is -1.40.